The minimum absolute atomic E-state index is 0.0402. The first-order chi connectivity index (χ1) is 15.1. The Hall–Kier alpha value is -2.26. The minimum atomic E-state index is -4.84. The second kappa shape index (κ2) is 8.26. The average Bonchev–Trinajstić information content (AvgIpc) is 3.19. The van der Waals surface area contributed by atoms with Gasteiger partial charge in [-0.1, -0.05) is 57.3 Å². The number of nitrogens with one attached hydrogen (secondary N) is 1. The first-order valence-electron chi connectivity index (χ1n) is 9.07. The van der Waals surface area contributed by atoms with Gasteiger partial charge in [0.25, 0.3) is 0 Å². The van der Waals surface area contributed by atoms with E-state index in [2.05, 4.69) is 21.4 Å². The van der Waals surface area contributed by atoms with E-state index in [0.29, 0.717) is 20.8 Å². The Morgan fingerprint density at radius 2 is 1.81 bits per heavy atom. The third kappa shape index (κ3) is 3.75. The van der Waals surface area contributed by atoms with Gasteiger partial charge in [-0.3, -0.25) is 10.3 Å². The fraction of sp³-hybridized carbons (Fsp3) is 0.136. The summed E-state index contributed by atoms with van der Waals surface area (Å²) in [6.45, 7) is 0. The van der Waals surface area contributed by atoms with Gasteiger partial charge in [0.1, 0.15) is 0 Å². The van der Waals surface area contributed by atoms with Gasteiger partial charge in [-0.25, -0.2) is 4.79 Å². The van der Waals surface area contributed by atoms with Crippen molar-refractivity contribution in [3.63, 3.8) is 0 Å². The SMILES string of the molecule is COC(=O)c1ccc(C2=CC(c3cc(Cl)cc(Cl)c3)(C(F)(F)F)ON2)c2cccc(Br)c12. The summed E-state index contributed by atoms with van der Waals surface area (Å²) >= 11 is 15.3. The summed E-state index contributed by atoms with van der Waals surface area (Å²) < 4.78 is 48.3. The lowest BCUT2D eigenvalue weighted by Gasteiger charge is -2.28. The Morgan fingerprint density at radius 1 is 1.12 bits per heavy atom. The largest absolute Gasteiger partial charge is 0.465 e. The molecule has 0 aromatic heterocycles. The van der Waals surface area contributed by atoms with Crippen LogP contribution in [0.25, 0.3) is 16.5 Å². The van der Waals surface area contributed by atoms with E-state index in [9.17, 15) is 18.0 Å². The standard InChI is InChI=1S/C22H13BrCl2F3NO3/c1-31-20(30)16-6-5-14(15-3-2-4-17(23)19(15)16)18-10-21(32-29-18,22(26,27)28)11-7-12(24)9-13(25)8-11/h2-10,29H,1H3. The van der Waals surface area contributed by atoms with Gasteiger partial charge < -0.3 is 4.74 Å². The van der Waals surface area contributed by atoms with E-state index in [1.165, 1.54) is 25.3 Å². The van der Waals surface area contributed by atoms with Crippen LogP contribution in [0.2, 0.25) is 10.0 Å². The summed E-state index contributed by atoms with van der Waals surface area (Å²) in [4.78, 5) is 17.4. The molecule has 0 saturated heterocycles. The maximum atomic E-state index is 14.3. The van der Waals surface area contributed by atoms with Crippen molar-refractivity contribution in [2.45, 2.75) is 11.8 Å². The molecule has 3 aromatic carbocycles. The lowest BCUT2D eigenvalue weighted by atomic mass is 9.90. The molecule has 0 spiro atoms. The van der Waals surface area contributed by atoms with E-state index in [4.69, 9.17) is 32.8 Å². The molecule has 4 nitrogen and oxygen atoms in total. The van der Waals surface area contributed by atoms with Crippen LogP contribution < -0.4 is 5.48 Å². The van der Waals surface area contributed by atoms with Crippen LogP contribution in [0, 0.1) is 0 Å². The summed E-state index contributed by atoms with van der Waals surface area (Å²) in [6.07, 6.45) is -3.90. The number of hydrogen-bond donors (Lipinski definition) is 1. The first kappa shape index (κ1) is 22.9. The second-order valence-corrected chi connectivity index (χ2v) is 8.70. The summed E-state index contributed by atoms with van der Waals surface area (Å²) in [5.74, 6) is -0.573. The van der Waals surface area contributed by atoms with E-state index in [0.717, 1.165) is 18.2 Å². The predicted molar refractivity (Wildman–Crippen MR) is 119 cm³/mol. The van der Waals surface area contributed by atoms with Gasteiger partial charge in [-0.15, -0.1) is 0 Å². The zero-order valence-electron chi connectivity index (χ0n) is 16.2. The topological polar surface area (TPSA) is 47.6 Å². The maximum absolute atomic E-state index is 14.3. The number of fused-ring (bicyclic) bond motifs is 1. The van der Waals surface area contributed by atoms with Crippen molar-refractivity contribution in [3.05, 3.63) is 85.8 Å². The highest BCUT2D eigenvalue weighted by atomic mass is 79.9. The second-order valence-electron chi connectivity index (χ2n) is 6.97. The average molecular weight is 547 g/mol. The van der Waals surface area contributed by atoms with Crippen LogP contribution >= 0.6 is 39.1 Å². The molecule has 0 bridgehead atoms. The molecule has 32 heavy (non-hydrogen) atoms. The zero-order valence-corrected chi connectivity index (χ0v) is 19.3. The Balaban J connectivity index is 1.95. The number of carbonyl (C=O) groups is 1. The molecule has 1 atom stereocenters. The monoisotopic (exact) mass is 545 g/mol. The van der Waals surface area contributed by atoms with E-state index in [1.807, 2.05) is 0 Å². The number of hydroxylamine groups is 1. The van der Waals surface area contributed by atoms with Gasteiger partial charge in [-0.05, 0) is 41.8 Å². The van der Waals surface area contributed by atoms with Crippen LogP contribution in [-0.4, -0.2) is 19.3 Å². The van der Waals surface area contributed by atoms with Crippen LogP contribution in [0.4, 0.5) is 13.2 Å². The molecule has 0 fully saturated rings. The number of hydrogen-bond acceptors (Lipinski definition) is 4. The quantitative estimate of drug-likeness (QED) is 0.358. The number of esters is 1. The van der Waals surface area contributed by atoms with Crippen molar-refractivity contribution < 1.29 is 27.5 Å². The third-order valence-electron chi connectivity index (χ3n) is 5.07. The van der Waals surface area contributed by atoms with Crippen LogP contribution in [0.3, 0.4) is 0 Å². The molecule has 0 saturated carbocycles. The highest BCUT2D eigenvalue weighted by Gasteiger charge is 2.59. The zero-order chi connectivity index (χ0) is 23.3. The van der Waals surface area contributed by atoms with Gasteiger partial charge >= 0.3 is 12.1 Å². The molecule has 4 rings (SSSR count). The summed E-state index contributed by atoms with van der Waals surface area (Å²) in [5, 5.41) is 1.10. The van der Waals surface area contributed by atoms with Gasteiger partial charge in [0, 0.05) is 31.0 Å². The summed E-state index contributed by atoms with van der Waals surface area (Å²) in [5.41, 5.74) is 0.0358. The highest BCUT2D eigenvalue weighted by Crippen LogP contribution is 2.49. The van der Waals surface area contributed by atoms with Crippen molar-refractivity contribution in [1.82, 2.24) is 5.48 Å². The van der Waals surface area contributed by atoms with E-state index in [1.54, 1.807) is 18.2 Å². The number of benzene rings is 3. The predicted octanol–water partition coefficient (Wildman–Crippen LogP) is 7.03. The molecule has 1 aliphatic rings. The molecule has 0 amide bonds. The number of halogens is 6. The molecular formula is C22H13BrCl2F3NO3. The van der Waals surface area contributed by atoms with Gasteiger partial charge in [-0.2, -0.15) is 13.2 Å². The number of carbonyl (C=O) groups excluding carboxylic acids is 1. The lowest BCUT2D eigenvalue weighted by Crippen LogP contribution is -2.42. The van der Waals surface area contributed by atoms with E-state index in [-0.39, 0.29) is 26.9 Å². The summed E-state index contributed by atoms with van der Waals surface area (Å²) in [6, 6.07) is 11.8. The van der Waals surface area contributed by atoms with Gasteiger partial charge in [0.05, 0.1) is 18.4 Å². The van der Waals surface area contributed by atoms with Crippen LogP contribution in [-0.2, 0) is 15.2 Å². The van der Waals surface area contributed by atoms with E-state index >= 15 is 0 Å². The molecule has 3 aromatic rings. The highest BCUT2D eigenvalue weighted by molar-refractivity contribution is 9.10. The van der Waals surface area contributed by atoms with Crippen molar-refractivity contribution in [2.24, 2.45) is 0 Å². The number of rotatable bonds is 3. The normalized spacial score (nSPS) is 18.4. The molecule has 166 valence electrons. The van der Waals surface area contributed by atoms with Gasteiger partial charge in [0.2, 0.25) is 5.60 Å². The maximum Gasteiger partial charge on any atom is 0.428 e. The van der Waals surface area contributed by atoms with Crippen LogP contribution in [0.5, 0.6) is 0 Å². The fourth-order valence-corrected chi connectivity index (χ4v) is 4.73. The Morgan fingerprint density at radius 3 is 2.44 bits per heavy atom. The Kier molecular flexibility index (Phi) is 5.92. The molecule has 1 heterocycles. The molecule has 1 unspecified atom stereocenters. The van der Waals surface area contributed by atoms with Crippen molar-refractivity contribution >= 4 is 61.6 Å². The van der Waals surface area contributed by atoms with E-state index < -0.39 is 17.7 Å². The molecule has 1 aliphatic heterocycles. The van der Waals surface area contributed by atoms with Crippen LogP contribution in [0.15, 0.2) is 59.1 Å². The molecule has 0 aliphatic carbocycles. The third-order valence-corrected chi connectivity index (χ3v) is 6.16. The first-order valence-corrected chi connectivity index (χ1v) is 10.6. The van der Waals surface area contributed by atoms with Crippen molar-refractivity contribution in [1.29, 1.82) is 0 Å². The fourth-order valence-electron chi connectivity index (χ4n) is 3.62. The Bertz CT molecular complexity index is 1260. The Labute approximate surface area is 199 Å². The number of alkyl halides is 3. The van der Waals surface area contributed by atoms with Crippen LogP contribution in [0.1, 0.15) is 21.5 Å². The lowest BCUT2D eigenvalue weighted by molar-refractivity contribution is -0.269. The van der Waals surface area contributed by atoms with Crippen molar-refractivity contribution in [2.75, 3.05) is 7.11 Å². The molecule has 0 radical (unpaired) electrons. The minimum Gasteiger partial charge on any atom is -0.465 e. The van der Waals surface area contributed by atoms with Gasteiger partial charge in [0.15, 0.2) is 0 Å². The molecule has 1 N–H and O–H groups in total. The number of ether oxygens (including phenoxy) is 1. The number of methoxy groups -OCH3 is 1. The smallest absolute Gasteiger partial charge is 0.428 e. The van der Waals surface area contributed by atoms with Crippen molar-refractivity contribution in [3.8, 4) is 0 Å². The molecule has 10 heteroatoms. The summed E-state index contributed by atoms with van der Waals surface area (Å²) in [7, 11) is 1.25. The molecular weight excluding hydrogens is 534 g/mol.